The Kier molecular flexibility index (Phi) is 3.89. The van der Waals surface area contributed by atoms with Crippen LogP contribution in [0.3, 0.4) is 0 Å². The topological polar surface area (TPSA) is 102 Å². The molecule has 1 aromatic rings. The molecule has 0 radical (unpaired) electrons. The summed E-state index contributed by atoms with van der Waals surface area (Å²) in [5.41, 5.74) is 5.89. The van der Waals surface area contributed by atoms with E-state index in [-0.39, 0.29) is 12.8 Å². The largest absolute Gasteiger partial charge is 0.481 e. The van der Waals surface area contributed by atoms with Crippen LogP contribution in [0, 0.1) is 11.8 Å². The highest BCUT2D eigenvalue weighted by atomic mass is 16.5. The summed E-state index contributed by atoms with van der Waals surface area (Å²) in [7, 11) is 0. The summed E-state index contributed by atoms with van der Waals surface area (Å²) >= 11 is 0. The summed E-state index contributed by atoms with van der Waals surface area (Å²) < 4.78 is 5.10. The number of nitrogens with zero attached hydrogens (tertiary/aromatic N) is 2. The molecule has 0 amide bonds. The number of nitrogens with two attached hydrogens (primary N) is 1. The van der Waals surface area contributed by atoms with Crippen molar-refractivity contribution in [1.29, 1.82) is 0 Å². The Hall–Kier alpha value is -1.43. The molecule has 1 heterocycles. The fraction of sp³-hybridized carbons (Fsp3) is 0.769. The van der Waals surface area contributed by atoms with Crippen molar-refractivity contribution in [3.05, 3.63) is 11.7 Å². The van der Waals surface area contributed by atoms with Gasteiger partial charge in [0, 0.05) is 6.42 Å². The average Bonchev–Trinajstić information content (AvgIpc) is 2.73. The minimum absolute atomic E-state index is 0.00793. The Morgan fingerprint density at radius 2 is 2.11 bits per heavy atom. The lowest BCUT2D eigenvalue weighted by molar-refractivity contribution is -0.137. The first-order valence-electron chi connectivity index (χ1n) is 6.73. The van der Waals surface area contributed by atoms with Crippen molar-refractivity contribution < 1.29 is 14.4 Å². The molecule has 106 valence electrons. The lowest BCUT2D eigenvalue weighted by Gasteiger charge is -2.37. The van der Waals surface area contributed by atoms with Gasteiger partial charge in [0.1, 0.15) is 0 Å². The van der Waals surface area contributed by atoms with E-state index in [1.807, 2.05) is 0 Å². The van der Waals surface area contributed by atoms with Crippen molar-refractivity contribution in [3.8, 4) is 0 Å². The number of carbonyl (C=O) groups is 1. The van der Waals surface area contributed by atoms with Crippen molar-refractivity contribution in [2.75, 3.05) is 0 Å². The van der Waals surface area contributed by atoms with Crippen LogP contribution in [-0.4, -0.2) is 21.2 Å². The highest BCUT2D eigenvalue weighted by Gasteiger charge is 2.39. The summed E-state index contributed by atoms with van der Waals surface area (Å²) in [6.45, 7) is 4.37. The van der Waals surface area contributed by atoms with Crippen LogP contribution in [0.5, 0.6) is 0 Å². The van der Waals surface area contributed by atoms with Crippen LogP contribution in [0.15, 0.2) is 4.52 Å². The number of aromatic nitrogens is 2. The van der Waals surface area contributed by atoms with E-state index in [0.29, 0.717) is 23.6 Å². The van der Waals surface area contributed by atoms with Gasteiger partial charge < -0.3 is 15.4 Å². The first kappa shape index (κ1) is 14.0. The molecule has 3 N–H and O–H groups in total. The van der Waals surface area contributed by atoms with Gasteiger partial charge in [-0.05, 0) is 31.1 Å². The van der Waals surface area contributed by atoms with Crippen molar-refractivity contribution in [1.82, 2.24) is 10.1 Å². The molecule has 2 atom stereocenters. The van der Waals surface area contributed by atoms with Crippen LogP contribution >= 0.6 is 0 Å². The first-order valence-corrected chi connectivity index (χ1v) is 6.73. The van der Waals surface area contributed by atoms with Crippen molar-refractivity contribution in [3.63, 3.8) is 0 Å². The molecule has 0 bridgehead atoms. The lowest BCUT2D eigenvalue weighted by atomic mass is 9.72. The highest BCUT2D eigenvalue weighted by molar-refractivity contribution is 5.66. The number of rotatable bonds is 4. The number of aryl methyl sites for hydroxylation is 1. The molecule has 19 heavy (non-hydrogen) atoms. The minimum atomic E-state index is -0.873. The molecule has 1 aliphatic carbocycles. The van der Waals surface area contributed by atoms with E-state index >= 15 is 0 Å². The SMILES string of the molecule is CC1CC(C)CC(N)(c2noc(CCC(=O)O)n2)C1. The fourth-order valence-corrected chi connectivity index (χ4v) is 3.14. The third kappa shape index (κ3) is 3.32. The van der Waals surface area contributed by atoms with E-state index in [9.17, 15) is 4.79 Å². The molecule has 6 heteroatoms. The maximum Gasteiger partial charge on any atom is 0.303 e. The van der Waals surface area contributed by atoms with Gasteiger partial charge in [0.05, 0.1) is 12.0 Å². The Bertz CT molecular complexity index is 448. The average molecular weight is 267 g/mol. The van der Waals surface area contributed by atoms with Gasteiger partial charge in [-0.2, -0.15) is 4.98 Å². The molecule has 1 fully saturated rings. The molecule has 0 aliphatic heterocycles. The van der Waals surface area contributed by atoms with Crippen LogP contribution in [0.4, 0.5) is 0 Å². The predicted octanol–water partition coefficient (Wildman–Crippen LogP) is 1.70. The quantitative estimate of drug-likeness (QED) is 0.860. The van der Waals surface area contributed by atoms with E-state index in [2.05, 4.69) is 24.0 Å². The number of carboxylic acid groups (broad SMARTS) is 1. The van der Waals surface area contributed by atoms with Gasteiger partial charge in [0.15, 0.2) is 5.82 Å². The number of hydrogen-bond acceptors (Lipinski definition) is 5. The second-order valence-electron chi connectivity index (χ2n) is 5.92. The summed E-state index contributed by atoms with van der Waals surface area (Å²) in [6.07, 6.45) is 3.10. The Morgan fingerprint density at radius 1 is 1.47 bits per heavy atom. The second kappa shape index (κ2) is 5.28. The van der Waals surface area contributed by atoms with Crippen LogP contribution in [0.25, 0.3) is 0 Å². The Labute approximate surface area is 112 Å². The van der Waals surface area contributed by atoms with Gasteiger partial charge in [-0.3, -0.25) is 4.79 Å². The molecule has 0 spiro atoms. The molecular weight excluding hydrogens is 246 g/mol. The molecule has 1 saturated carbocycles. The van der Waals surface area contributed by atoms with E-state index < -0.39 is 11.5 Å². The lowest BCUT2D eigenvalue weighted by Crippen LogP contribution is -2.44. The van der Waals surface area contributed by atoms with E-state index in [0.717, 1.165) is 12.8 Å². The maximum atomic E-state index is 10.5. The maximum absolute atomic E-state index is 10.5. The van der Waals surface area contributed by atoms with Gasteiger partial charge in [-0.1, -0.05) is 19.0 Å². The number of hydrogen-bond donors (Lipinski definition) is 2. The zero-order valence-corrected chi connectivity index (χ0v) is 11.4. The molecule has 6 nitrogen and oxygen atoms in total. The van der Waals surface area contributed by atoms with Gasteiger partial charge in [0.25, 0.3) is 0 Å². The molecule has 1 aliphatic rings. The number of aliphatic carboxylic acids is 1. The molecule has 2 rings (SSSR count). The van der Waals surface area contributed by atoms with Gasteiger partial charge >= 0.3 is 5.97 Å². The zero-order chi connectivity index (χ0) is 14.0. The summed E-state index contributed by atoms with van der Waals surface area (Å²) in [5.74, 6) is 1.07. The standard InChI is InChI=1S/C13H21N3O3/c1-8-5-9(2)7-13(14,6-8)12-15-10(19-16-12)3-4-11(17)18/h8-9H,3-7,14H2,1-2H3,(H,17,18). The fourth-order valence-electron chi connectivity index (χ4n) is 3.14. The predicted molar refractivity (Wildman–Crippen MR) is 68.3 cm³/mol. The summed E-state index contributed by atoms with van der Waals surface area (Å²) in [6, 6.07) is 0. The molecular formula is C13H21N3O3. The monoisotopic (exact) mass is 267 g/mol. The van der Waals surface area contributed by atoms with Gasteiger partial charge in [0.2, 0.25) is 5.89 Å². The molecule has 2 unspecified atom stereocenters. The van der Waals surface area contributed by atoms with E-state index in [1.54, 1.807) is 0 Å². The smallest absolute Gasteiger partial charge is 0.303 e. The van der Waals surface area contributed by atoms with Crippen molar-refractivity contribution >= 4 is 5.97 Å². The molecule has 0 saturated heterocycles. The van der Waals surface area contributed by atoms with Gasteiger partial charge in [-0.15, -0.1) is 0 Å². The van der Waals surface area contributed by atoms with Crippen LogP contribution in [-0.2, 0) is 16.8 Å². The van der Waals surface area contributed by atoms with Crippen LogP contribution in [0.2, 0.25) is 0 Å². The van der Waals surface area contributed by atoms with Crippen LogP contribution in [0.1, 0.15) is 51.2 Å². The number of carboxylic acids is 1. The van der Waals surface area contributed by atoms with Crippen LogP contribution < -0.4 is 5.73 Å². The van der Waals surface area contributed by atoms with E-state index in [1.165, 1.54) is 6.42 Å². The molecule has 1 aromatic heterocycles. The summed E-state index contributed by atoms with van der Waals surface area (Å²) in [4.78, 5) is 14.8. The zero-order valence-electron chi connectivity index (χ0n) is 11.4. The van der Waals surface area contributed by atoms with Crippen molar-refractivity contribution in [2.24, 2.45) is 17.6 Å². The Balaban J connectivity index is 2.10. The van der Waals surface area contributed by atoms with E-state index in [4.69, 9.17) is 15.4 Å². The Morgan fingerprint density at radius 3 is 2.68 bits per heavy atom. The molecule has 0 aromatic carbocycles. The first-order chi connectivity index (χ1) is 8.89. The third-order valence-electron chi connectivity index (χ3n) is 3.70. The minimum Gasteiger partial charge on any atom is -0.481 e. The highest BCUT2D eigenvalue weighted by Crippen LogP contribution is 2.39. The summed E-state index contributed by atoms with van der Waals surface area (Å²) in [5, 5.41) is 12.6. The third-order valence-corrected chi connectivity index (χ3v) is 3.70. The normalized spacial score (nSPS) is 31.3. The second-order valence-corrected chi connectivity index (χ2v) is 5.92. The van der Waals surface area contributed by atoms with Gasteiger partial charge in [-0.25, -0.2) is 0 Å². The van der Waals surface area contributed by atoms with Crippen molar-refractivity contribution in [2.45, 2.75) is 51.5 Å².